The predicted octanol–water partition coefficient (Wildman–Crippen LogP) is 2.58. The third kappa shape index (κ3) is 3.95. The van der Waals surface area contributed by atoms with E-state index >= 15 is 0 Å². The van der Waals surface area contributed by atoms with Gasteiger partial charge in [0.2, 0.25) is 0 Å². The van der Waals surface area contributed by atoms with Gasteiger partial charge < -0.3 is 15.4 Å². The number of carbonyl (C=O) groups excluding carboxylic acids is 2. The number of hydrogen-bond acceptors (Lipinski definition) is 4. The number of likely N-dealkylation sites (tertiary alicyclic amines) is 1. The fraction of sp³-hybridized carbons (Fsp3) is 0.333. The van der Waals surface area contributed by atoms with Gasteiger partial charge in [0, 0.05) is 12.1 Å². The van der Waals surface area contributed by atoms with Crippen molar-refractivity contribution in [1.82, 2.24) is 10.2 Å². The van der Waals surface area contributed by atoms with Crippen LogP contribution in [0.3, 0.4) is 0 Å². The molecule has 0 saturated carbocycles. The summed E-state index contributed by atoms with van der Waals surface area (Å²) in [6.07, 6.45) is 2.40. The number of nitrogens with zero attached hydrogens (tertiary/aromatic N) is 1. The molecule has 0 radical (unpaired) electrons. The molecule has 27 heavy (non-hydrogen) atoms. The molecular formula is C21H23N3O3. The standard InChI is InChI=1S/C21H23N3O3/c25-20-14-27-19-12-16(8-9-17(19)23-20)21(26)22-13-18(24-10-4-5-11-24)15-6-2-1-3-7-15/h1-3,6-9,12,18H,4-5,10-11,13-14H2,(H,22,26)(H,23,25). The normalized spacial score (nSPS) is 17.6. The van der Waals surface area contributed by atoms with Crippen LogP contribution in [0.15, 0.2) is 48.5 Å². The lowest BCUT2D eigenvalue weighted by atomic mass is 10.1. The summed E-state index contributed by atoms with van der Waals surface area (Å²) >= 11 is 0. The van der Waals surface area contributed by atoms with E-state index in [1.165, 1.54) is 18.4 Å². The molecule has 2 heterocycles. The smallest absolute Gasteiger partial charge is 0.262 e. The Kier molecular flexibility index (Phi) is 5.07. The molecule has 2 N–H and O–H groups in total. The number of rotatable bonds is 5. The molecule has 1 unspecified atom stereocenters. The first kappa shape index (κ1) is 17.5. The van der Waals surface area contributed by atoms with Crippen molar-refractivity contribution in [2.45, 2.75) is 18.9 Å². The minimum absolute atomic E-state index is 0.0247. The van der Waals surface area contributed by atoms with Crippen molar-refractivity contribution >= 4 is 17.5 Å². The van der Waals surface area contributed by atoms with Gasteiger partial charge in [-0.15, -0.1) is 0 Å². The number of fused-ring (bicyclic) bond motifs is 1. The zero-order valence-corrected chi connectivity index (χ0v) is 15.1. The molecule has 2 aromatic carbocycles. The van der Waals surface area contributed by atoms with E-state index in [1.807, 2.05) is 18.2 Å². The van der Waals surface area contributed by atoms with Crippen LogP contribution >= 0.6 is 0 Å². The van der Waals surface area contributed by atoms with Gasteiger partial charge in [-0.2, -0.15) is 0 Å². The van der Waals surface area contributed by atoms with Gasteiger partial charge in [0.15, 0.2) is 6.61 Å². The Bertz CT molecular complexity index is 832. The Hall–Kier alpha value is -2.86. The number of ether oxygens (including phenoxy) is 1. The molecule has 1 saturated heterocycles. The molecule has 0 aromatic heterocycles. The first-order valence-electron chi connectivity index (χ1n) is 9.34. The minimum Gasteiger partial charge on any atom is -0.482 e. The van der Waals surface area contributed by atoms with Gasteiger partial charge >= 0.3 is 0 Å². The maximum Gasteiger partial charge on any atom is 0.262 e. The number of anilines is 1. The van der Waals surface area contributed by atoms with Crippen LogP contribution in [0.25, 0.3) is 0 Å². The van der Waals surface area contributed by atoms with Crippen LogP contribution in [-0.2, 0) is 4.79 Å². The van der Waals surface area contributed by atoms with E-state index in [9.17, 15) is 9.59 Å². The fourth-order valence-corrected chi connectivity index (χ4v) is 3.69. The summed E-state index contributed by atoms with van der Waals surface area (Å²) in [6, 6.07) is 15.6. The summed E-state index contributed by atoms with van der Waals surface area (Å²) in [5, 5.41) is 5.80. The van der Waals surface area contributed by atoms with Crippen LogP contribution in [0.2, 0.25) is 0 Å². The Morgan fingerprint density at radius 2 is 1.93 bits per heavy atom. The molecular weight excluding hydrogens is 342 g/mol. The number of carbonyl (C=O) groups is 2. The summed E-state index contributed by atoms with van der Waals surface area (Å²) in [7, 11) is 0. The van der Waals surface area contributed by atoms with Gasteiger partial charge in [0.1, 0.15) is 5.75 Å². The average Bonchev–Trinajstić information content (AvgIpc) is 3.23. The van der Waals surface area contributed by atoms with Crippen molar-refractivity contribution in [3.63, 3.8) is 0 Å². The van der Waals surface area contributed by atoms with Crippen molar-refractivity contribution in [1.29, 1.82) is 0 Å². The number of amides is 2. The highest BCUT2D eigenvalue weighted by Crippen LogP contribution is 2.29. The van der Waals surface area contributed by atoms with Crippen LogP contribution in [0, 0.1) is 0 Å². The summed E-state index contributed by atoms with van der Waals surface area (Å²) in [5.74, 6) is 0.204. The largest absolute Gasteiger partial charge is 0.482 e. The highest BCUT2D eigenvalue weighted by Gasteiger charge is 2.24. The van der Waals surface area contributed by atoms with Crippen LogP contribution in [0.5, 0.6) is 5.75 Å². The molecule has 2 amide bonds. The van der Waals surface area contributed by atoms with Crippen LogP contribution in [0.4, 0.5) is 5.69 Å². The predicted molar refractivity (Wildman–Crippen MR) is 103 cm³/mol. The van der Waals surface area contributed by atoms with E-state index in [1.54, 1.807) is 18.2 Å². The summed E-state index contributed by atoms with van der Waals surface area (Å²) < 4.78 is 5.40. The molecule has 1 atom stereocenters. The van der Waals surface area contributed by atoms with E-state index < -0.39 is 0 Å². The van der Waals surface area contributed by atoms with E-state index in [0.717, 1.165) is 13.1 Å². The van der Waals surface area contributed by atoms with E-state index in [2.05, 4.69) is 27.7 Å². The summed E-state index contributed by atoms with van der Waals surface area (Å²) in [6.45, 7) is 2.64. The van der Waals surface area contributed by atoms with Gasteiger partial charge in [0.25, 0.3) is 11.8 Å². The molecule has 6 heteroatoms. The summed E-state index contributed by atoms with van der Waals surface area (Å²) in [5.41, 5.74) is 2.34. The highest BCUT2D eigenvalue weighted by atomic mass is 16.5. The first-order chi connectivity index (χ1) is 13.2. The third-order valence-electron chi connectivity index (χ3n) is 5.10. The van der Waals surface area contributed by atoms with Gasteiger partial charge in [-0.05, 0) is 49.7 Å². The average molecular weight is 365 g/mol. The SMILES string of the molecule is O=C1COc2cc(C(=O)NCC(c3ccccc3)N3CCCC3)ccc2N1. The molecule has 0 spiro atoms. The molecule has 140 valence electrons. The van der Waals surface area contributed by atoms with E-state index in [-0.39, 0.29) is 24.5 Å². The zero-order valence-electron chi connectivity index (χ0n) is 15.1. The van der Waals surface area contributed by atoms with Crippen LogP contribution < -0.4 is 15.4 Å². The van der Waals surface area contributed by atoms with E-state index in [4.69, 9.17) is 4.74 Å². The topological polar surface area (TPSA) is 70.7 Å². The van der Waals surface area contributed by atoms with E-state index in [0.29, 0.717) is 23.5 Å². The lowest BCUT2D eigenvalue weighted by Gasteiger charge is -2.28. The molecule has 0 bridgehead atoms. The van der Waals surface area contributed by atoms with Crippen LogP contribution in [-0.4, -0.2) is 43.0 Å². The summed E-state index contributed by atoms with van der Waals surface area (Å²) in [4.78, 5) is 26.5. The van der Waals surface area contributed by atoms with Crippen molar-refractivity contribution in [2.24, 2.45) is 0 Å². The zero-order chi connectivity index (χ0) is 18.6. The number of benzene rings is 2. The molecule has 4 rings (SSSR count). The van der Waals surface area contributed by atoms with Gasteiger partial charge in [-0.25, -0.2) is 0 Å². The van der Waals surface area contributed by atoms with Crippen molar-refractivity contribution in [3.8, 4) is 5.75 Å². The Morgan fingerprint density at radius 1 is 1.15 bits per heavy atom. The van der Waals surface area contributed by atoms with Crippen molar-refractivity contribution in [3.05, 3.63) is 59.7 Å². The maximum atomic E-state index is 12.7. The first-order valence-corrected chi connectivity index (χ1v) is 9.34. The van der Waals surface area contributed by atoms with Gasteiger partial charge in [-0.3, -0.25) is 14.5 Å². The molecule has 2 aliphatic heterocycles. The molecule has 6 nitrogen and oxygen atoms in total. The lowest BCUT2D eigenvalue weighted by molar-refractivity contribution is -0.118. The third-order valence-corrected chi connectivity index (χ3v) is 5.10. The second-order valence-corrected chi connectivity index (χ2v) is 6.93. The van der Waals surface area contributed by atoms with Crippen molar-refractivity contribution < 1.29 is 14.3 Å². The molecule has 0 aliphatic carbocycles. The second-order valence-electron chi connectivity index (χ2n) is 6.93. The second kappa shape index (κ2) is 7.80. The van der Waals surface area contributed by atoms with Gasteiger partial charge in [-0.1, -0.05) is 30.3 Å². The van der Waals surface area contributed by atoms with Gasteiger partial charge in [0.05, 0.1) is 11.7 Å². The highest BCUT2D eigenvalue weighted by molar-refractivity contribution is 5.99. The van der Waals surface area contributed by atoms with Crippen molar-refractivity contribution in [2.75, 3.05) is 31.6 Å². The Morgan fingerprint density at radius 3 is 2.70 bits per heavy atom. The maximum absolute atomic E-state index is 12.7. The lowest BCUT2D eigenvalue weighted by Crippen LogP contribution is -2.36. The van der Waals surface area contributed by atoms with Crippen LogP contribution in [0.1, 0.15) is 34.8 Å². The quantitative estimate of drug-likeness (QED) is 0.854. The monoisotopic (exact) mass is 365 g/mol. The fourth-order valence-electron chi connectivity index (χ4n) is 3.69. The Labute approximate surface area is 158 Å². The molecule has 1 fully saturated rings. The number of hydrogen-bond donors (Lipinski definition) is 2. The molecule has 2 aromatic rings. The minimum atomic E-state index is -0.184. The number of nitrogens with one attached hydrogen (secondary N) is 2. The molecule has 2 aliphatic rings. The Balaban J connectivity index is 1.46.